The fraction of sp³-hybridized carbons (Fsp3) is 0.391. The molecule has 2 aromatic carbocycles. The van der Waals surface area contributed by atoms with Crippen LogP contribution >= 0.6 is 0 Å². The quantitative estimate of drug-likeness (QED) is 0.882. The van der Waals surface area contributed by atoms with E-state index in [4.69, 9.17) is 0 Å². The van der Waals surface area contributed by atoms with E-state index in [0.717, 1.165) is 31.4 Å². The fourth-order valence-corrected chi connectivity index (χ4v) is 4.24. The molecule has 2 aliphatic rings. The van der Waals surface area contributed by atoms with Gasteiger partial charge in [-0.1, -0.05) is 36.4 Å². The SMILES string of the molecule is O=C(NC[C@@H]1CCCc2ccccc21)c1ccc(CN2CCCC2=O)cc1. The molecule has 1 heterocycles. The predicted molar refractivity (Wildman–Crippen MR) is 106 cm³/mol. The molecule has 0 saturated carbocycles. The molecule has 0 unspecified atom stereocenters. The number of nitrogens with one attached hydrogen (secondary N) is 1. The average Bonchev–Trinajstić information content (AvgIpc) is 3.11. The van der Waals surface area contributed by atoms with E-state index in [9.17, 15) is 9.59 Å². The van der Waals surface area contributed by atoms with Gasteiger partial charge in [-0.05, 0) is 54.5 Å². The van der Waals surface area contributed by atoms with Crippen molar-refractivity contribution in [3.8, 4) is 0 Å². The second-order valence-electron chi connectivity index (χ2n) is 7.61. The van der Waals surface area contributed by atoms with Crippen LogP contribution in [0.15, 0.2) is 48.5 Å². The monoisotopic (exact) mass is 362 g/mol. The first-order chi connectivity index (χ1) is 13.2. The molecule has 1 fully saturated rings. The number of aryl methyl sites for hydroxylation is 1. The third kappa shape index (κ3) is 4.05. The van der Waals surface area contributed by atoms with Crippen molar-refractivity contribution < 1.29 is 9.59 Å². The Labute approximate surface area is 160 Å². The number of hydrogen-bond donors (Lipinski definition) is 1. The Hall–Kier alpha value is -2.62. The van der Waals surface area contributed by atoms with E-state index in [0.29, 0.717) is 31.0 Å². The highest BCUT2D eigenvalue weighted by molar-refractivity contribution is 5.94. The van der Waals surface area contributed by atoms with Crippen LogP contribution in [-0.4, -0.2) is 29.8 Å². The summed E-state index contributed by atoms with van der Waals surface area (Å²) in [7, 11) is 0. The second kappa shape index (κ2) is 7.95. The van der Waals surface area contributed by atoms with E-state index in [1.54, 1.807) is 0 Å². The molecular weight excluding hydrogens is 336 g/mol. The van der Waals surface area contributed by atoms with E-state index >= 15 is 0 Å². The Morgan fingerprint density at radius 2 is 1.85 bits per heavy atom. The summed E-state index contributed by atoms with van der Waals surface area (Å²) in [4.78, 5) is 26.2. The molecule has 1 N–H and O–H groups in total. The molecule has 2 aromatic rings. The highest BCUT2D eigenvalue weighted by Crippen LogP contribution is 2.30. The van der Waals surface area contributed by atoms with Gasteiger partial charge < -0.3 is 10.2 Å². The van der Waals surface area contributed by atoms with Crippen molar-refractivity contribution >= 4 is 11.8 Å². The molecule has 4 heteroatoms. The molecule has 4 rings (SSSR count). The summed E-state index contributed by atoms with van der Waals surface area (Å²) in [6, 6.07) is 16.2. The molecule has 1 saturated heterocycles. The maximum absolute atomic E-state index is 12.5. The Morgan fingerprint density at radius 3 is 2.63 bits per heavy atom. The van der Waals surface area contributed by atoms with Gasteiger partial charge in [0.15, 0.2) is 0 Å². The summed E-state index contributed by atoms with van der Waals surface area (Å²) in [5.74, 6) is 0.603. The number of hydrogen-bond acceptors (Lipinski definition) is 2. The molecule has 1 aliphatic carbocycles. The number of nitrogens with zero attached hydrogens (tertiary/aromatic N) is 1. The van der Waals surface area contributed by atoms with Crippen molar-refractivity contribution in [2.45, 2.75) is 44.6 Å². The Balaban J connectivity index is 1.34. The van der Waals surface area contributed by atoms with Crippen molar-refractivity contribution in [2.75, 3.05) is 13.1 Å². The first kappa shape index (κ1) is 17.8. The fourth-order valence-electron chi connectivity index (χ4n) is 4.24. The molecule has 4 nitrogen and oxygen atoms in total. The van der Waals surface area contributed by atoms with Crippen molar-refractivity contribution in [2.24, 2.45) is 0 Å². The lowest BCUT2D eigenvalue weighted by Gasteiger charge is -2.25. The van der Waals surface area contributed by atoms with E-state index in [1.165, 1.54) is 17.5 Å². The van der Waals surface area contributed by atoms with Gasteiger partial charge in [-0.25, -0.2) is 0 Å². The molecule has 1 aliphatic heterocycles. The van der Waals surface area contributed by atoms with Crippen molar-refractivity contribution in [3.63, 3.8) is 0 Å². The molecule has 0 radical (unpaired) electrons. The molecule has 140 valence electrons. The first-order valence-corrected chi connectivity index (χ1v) is 9.93. The van der Waals surface area contributed by atoms with Crippen LogP contribution in [0.2, 0.25) is 0 Å². The average molecular weight is 362 g/mol. The summed E-state index contributed by atoms with van der Waals surface area (Å²) in [5.41, 5.74) is 4.55. The minimum Gasteiger partial charge on any atom is -0.351 e. The van der Waals surface area contributed by atoms with Gasteiger partial charge >= 0.3 is 0 Å². The van der Waals surface area contributed by atoms with Gasteiger partial charge in [0, 0.05) is 37.5 Å². The highest BCUT2D eigenvalue weighted by atomic mass is 16.2. The Morgan fingerprint density at radius 1 is 1.04 bits per heavy atom. The second-order valence-corrected chi connectivity index (χ2v) is 7.61. The van der Waals surface area contributed by atoms with Gasteiger partial charge in [0.05, 0.1) is 0 Å². The smallest absolute Gasteiger partial charge is 0.251 e. The van der Waals surface area contributed by atoms with Crippen LogP contribution in [0, 0.1) is 0 Å². The van der Waals surface area contributed by atoms with Crippen LogP contribution in [0.1, 0.15) is 58.6 Å². The number of fused-ring (bicyclic) bond motifs is 1. The maximum Gasteiger partial charge on any atom is 0.251 e. The third-order valence-electron chi connectivity index (χ3n) is 5.76. The zero-order valence-electron chi connectivity index (χ0n) is 15.6. The molecular formula is C23H26N2O2. The van der Waals surface area contributed by atoms with Gasteiger partial charge in [0.2, 0.25) is 5.91 Å². The first-order valence-electron chi connectivity index (χ1n) is 9.93. The van der Waals surface area contributed by atoms with E-state index in [1.807, 2.05) is 29.2 Å². The zero-order chi connectivity index (χ0) is 18.6. The van der Waals surface area contributed by atoms with Crippen molar-refractivity contribution in [1.82, 2.24) is 10.2 Å². The van der Waals surface area contributed by atoms with E-state index < -0.39 is 0 Å². The maximum atomic E-state index is 12.5. The standard InChI is InChI=1S/C23H26N2O2/c26-22-9-4-14-25(22)16-17-10-12-19(13-11-17)23(27)24-15-20-7-3-6-18-5-1-2-8-21(18)20/h1-2,5,8,10-13,20H,3-4,6-7,9,14-16H2,(H,24,27)/t20-/m0/s1. The summed E-state index contributed by atoms with van der Waals surface area (Å²) in [6.45, 7) is 2.16. The lowest BCUT2D eigenvalue weighted by atomic mass is 9.83. The van der Waals surface area contributed by atoms with Crippen LogP contribution in [0.3, 0.4) is 0 Å². The number of benzene rings is 2. The van der Waals surface area contributed by atoms with Crippen LogP contribution in [-0.2, 0) is 17.8 Å². The number of likely N-dealkylation sites (tertiary alicyclic amines) is 1. The molecule has 2 amide bonds. The lowest BCUT2D eigenvalue weighted by Crippen LogP contribution is -2.30. The molecule has 0 bridgehead atoms. The molecule has 0 aromatic heterocycles. The highest BCUT2D eigenvalue weighted by Gasteiger charge is 2.21. The van der Waals surface area contributed by atoms with E-state index in [-0.39, 0.29) is 11.8 Å². The molecule has 0 spiro atoms. The van der Waals surface area contributed by atoms with Gasteiger partial charge in [-0.2, -0.15) is 0 Å². The topological polar surface area (TPSA) is 49.4 Å². The van der Waals surface area contributed by atoms with Gasteiger partial charge in [-0.3, -0.25) is 9.59 Å². The number of carbonyl (C=O) groups is 2. The largest absolute Gasteiger partial charge is 0.351 e. The normalized spacial score (nSPS) is 19.0. The molecule has 27 heavy (non-hydrogen) atoms. The van der Waals surface area contributed by atoms with Gasteiger partial charge in [0.25, 0.3) is 5.91 Å². The third-order valence-corrected chi connectivity index (χ3v) is 5.76. The summed E-state index contributed by atoms with van der Waals surface area (Å²) < 4.78 is 0. The molecule has 1 atom stereocenters. The lowest BCUT2D eigenvalue weighted by molar-refractivity contribution is -0.128. The van der Waals surface area contributed by atoms with Crippen molar-refractivity contribution in [3.05, 3.63) is 70.8 Å². The zero-order valence-corrected chi connectivity index (χ0v) is 15.6. The summed E-state index contributed by atoms with van der Waals surface area (Å²) >= 11 is 0. The van der Waals surface area contributed by atoms with Crippen LogP contribution in [0.5, 0.6) is 0 Å². The van der Waals surface area contributed by atoms with Crippen LogP contribution < -0.4 is 5.32 Å². The Kier molecular flexibility index (Phi) is 5.23. The summed E-state index contributed by atoms with van der Waals surface area (Å²) in [6.07, 6.45) is 5.05. The van der Waals surface area contributed by atoms with Crippen LogP contribution in [0.4, 0.5) is 0 Å². The van der Waals surface area contributed by atoms with Gasteiger partial charge in [-0.15, -0.1) is 0 Å². The minimum absolute atomic E-state index is 0.0261. The number of rotatable bonds is 5. The van der Waals surface area contributed by atoms with E-state index in [2.05, 4.69) is 29.6 Å². The number of amides is 2. The van der Waals surface area contributed by atoms with Gasteiger partial charge in [0.1, 0.15) is 0 Å². The van der Waals surface area contributed by atoms with Crippen molar-refractivity contribution in [1.29, 1.82) is 0 Å². The van der Waals surface area contributed by atoms with Crippen LogP contribution in [0.25, 0.3) is 0 Å². The minimum atomic E-state index is -0.0261. The number of carbonyl (C=O) groups excluding carboxylic acids is 2. The Bertz CT molecular complexity index is 829. The predicted octanol–water partition coefficient (Wildman–Crippen LogP) is 3.66. The summed E-state index contributed by atoms with van der Waals surface area (Å²) in [5, 5.41) is 3.11.